The number of hydrogen-bond acceptors (Lipinski definition) is 9. The Hall–Kier alpha value is -3.24. The number of anilines is 4. The van der Waals surface area contributed by atoms with Gasteiger partial charge in [-0.15, -0.1) is 0 Å². The summed E-state index contributed by atoms with van der Waals surface area (Å²) in [6.45, 7) is 7.59. The molecule has 0 spiro atoms. The van der Waals surface area contributed by atoms with Gasteiger partial charge in [-0.3, -0.25) is 4.79 Å². The minimum absolute atomic E-state index is 0.119. The molecule has 4 rings (SSSR count). The van der Waals surface area contributed by atoms with Crippen LogP contribution in [-0.4, -0.2) is 61.1 Å². The molecular weight excluding hydrogens is 422 g/mol. The molecule has 0 atom stereocenters. The van der Waals surface area contributed by atoms with Crippen LogP contribution < -0.4 is 21.1 Å². The molecule has 0 aromatic carbocycles. The number of aliphatic hydroxyl groups excluding tert-OH is 2. The van der Waals surface area contributed by atoms with E-state index in [-0.39, 0.29) is 30.4 Å². The number of aliphatic hydroxyl groups is 2. The van der Waals surface area contributed by atoms with Crippen molar-refractivity contribution in [3.05, 3.63) is 41.1 Å². The normalized spacial score (nSPS) is 15.1. The fourth-order valence-corrected chi connectivity index (χ4v) is 3.91. The molecule has 0 saturated carbocycles. The van der Waals surface area contributed by atoms with Crippen LogP contribution in [0.2, 0.25) is 0 Å². The minimum Gasteiger partial charge on any atom is -0.395 e. The van der Waals surface area contributed by atoms with Gasteiger partial charge in [0.2, 0.25) is 0 Å². The van der Waals surface area contributed by atoms with Crippen LogP contribution in [-0.2, 0) is 6.54 Å². The summed E-state index contributed by atoms with van der Waals surface area (Å²) in [7, 11) is 0. The molecule has 0 aliphatic carbocycles. The van der Waals surface area contributed by atoms with E-state index in [0.29, 0.717) is 35.7 Å². The Morgan fingerprint density at radius 3 is 2.61 bits per heavy atom. The van der Waals surface area contributed by atoms with E-state index < -0.39 is 0 Å². The molecule has 1 saturated heterocycles. The number of rotatable bonds is 6. The van der Waals surface area contributed by atoms with Gasteiger partial charge >= 0.3 is 0 Å². The molecule has 3 aromatic heterocycles. The highest BCUT2D eigenvalue weighted by Crippen LogP contribution is 2.27. The van der Waals surface area contributed by atoms with Crippen molar-refractivity contribution in [2.45, 2.75) is 51.8 Å². The van der Waals surface area contributed by atoms with E-state index in [2.05, 4.69) is 25.5 Å². The van der Waals surface area contributed by atoms with E-state index in [1.54, 1.807) is 6.20 Å². The molecular formula is C23H31N7O3. The Bertz CT molecular complexity index is 1180. The van der Waals surface area contributed by atoms with Crippen molar-refractivity contribution < 1.29 is 10.2 Å². The molecule has 0 amide bonds. The van der Waals surface area contributed by atoms with Crippen molar-refractivity contribution in [1.82, 2.24) is 19.5 Å². The van der Waals surface area contributed by atoms with Crippen LogP contribution in [0.3, 0.4) is 0 Å². The summed E-state index contributed by atoms with van der Waals surface area (Å²) in [5.41, 5.74) is -0.521. The molecule has 10 heteroatoms. The second-order valence-electron chi connectivity index (χ2n) is 9.34. The number of nitrogens with zero attached hydrogens (tertiary/aromatic N) is 5. The number of aromatic nitrogens is 4. The van der Waals surface area contributed by atoms with Crippen LogP contribution in [0.25, 0.3) is 10.8 Å². The second kappa shape index (κ2) is 9.32. The number of nitrogens with one attached hydrogen (secondary N) is 2. The van der Waals surface area contributed by atoms with Crippen molar-refractivity contribution in [3.8, 4) is 0 Å². The summed E-state index contributed by atoms with van der Waals surface area (Å²) in [4.78, 5) is 28.6. The van der Waals surface area contributed by atoms with E-state index in [9.17, 15) is 15.0 Å². The first-order valence-electron chi connectivity index (χ1n) is 11.2. The molecule has 176 valence electrons. The van der Waals surface area contributed by atoms with Gasteiger partial charge in [0.05, 0.1) is 18.1 Å². The second-order valence-corrected chi connectivity index (χ2v) is 9.34. The first kappa shape index (κ1) is 22.9. The summed E-state index contributed by atoms with van der Waals surface area (Å²) in [6, 6.07) is 5.52. The van der Waals surface area contributed by atoms with Gasteiger partial charge in [-0.2, -0.15) is 0 Å². The Morgan fingerprint density at radius 2 is 1.91 bits per heavy atom. The average Bonchev–Trinajstić information content (AvgIpc) is 2.75. The fraction of sp³-hybridized carbons (Fsp3) is 0.478. The Kier molecular flexibility index (Phi) is 6.48. The molecule has 0 unspecified atom stereocenters. The Morgan fingerprint density at radius 1 is 1.15 bits per heavy atom. The maximum absolute atomic E-state index is 13.0. The lowest BCUT2D eigenvalue weighted by atomic mass is 10.1. The smallest absolute Gasteiger partial charge is 0.262 e. The van der Waals surface area contributed by atoms with E-state index in [1.165, 1.54) is 10.9 Å². The van der Waals surface area contributed by atoms with Crippen LogP contribution >= 0.6 is 0 Å². The molecule has 4 N–H and O–H groups in total. The molecule has 1 fully saturated rings. The third kappa shape index (κ3) is 5.40. The largest absolute Gasteiger partial charge is 0.395 e. The lowest BCUT2D eigenvalue weighted by molar-refractivity contribution is 0.145. The van der Waals surface area contributed by atoms with Crippen LogP contribution in [0, 0.1) is 0 Å². The maximum atomic E-state index is 13.0. The molecule has 1 aliphatic rings. The molecule has 33 heavy (non-hydrogen) atoms. The van der Waals surface area contributed by atoms with Crippen molar-refractivity contribution in [3.63, 3.8) is 0 Å². The van der Waals surface area contributed by atoms with E-state index in [0.717, 1.165) is 24.3 Å². The molecule has 10 nitrogen and oxygen atoms in total. The van der Waals surface area contributed by atoms with Crippen LogP contribution in [0.5, 0.6) is 0 Å². The average molecular weight is 454 g/mol. The number of hydrogen-bond donors (Lipinski definition) is 4. The maximum Gasteiger partial charge on any atom is 0.262 e. The predicted octanol–water partition coefficient (Wildman–Crippen LogP) is 2.09. The van der Waals surface area contributed by atoms with E-state index >= 15 is 0 Å². The van der Waals surface area contributed by atoms with Gasteiger partial charge in [0.15, 0.2) is 0 Å². The van der Waals surface area contributed by atoms with Crippen LogP contribution in [0.1, 0.15) is 33.6 Å². The summed E-state index contributed by atoms with van der Waals surface area (Å²) < 4.78 is 1.48. The van der Waals surface area contributed by atoms with Gasteiger partial charge < -0.3 is 30.3 Å². The SMILES string of the molecule is CC(C)(C)Nc1nc(Nc2cc(N3CCC(O)CC3)ncn2)cc2ccn(CCO)c(=O)c12. The molecule has 0 radical (unpaired) electrons. The molecule has 4 heterocycles. The highest BCUT2D eigenvalue weighted by molar-refractivity contribution is 5.93. The number of pyridine rings is 2. The fourth-order valence-electron chi connectivity index (χ4n) is 3.91. The van der Waals surface area contributed by atoms with Crippen molar-refractivity contribution in [2.24, 2.45) is 0 Å². The quantitative estimate of drug-likeness (QED) is 0.443. The zero-order valence-electron chi connectivity index (χ0n) is 19.2. The van der Waals surface area contributed by atoms with Gasteiger partial charge in [-0.25, -0.2) is 15.0 Å². The summed E-state index contributed by atoms with van der Waals surface area (Å²) in [5, 5.41) is 26.8. The summed E-state index contributed by atoms with van der Waals surface area (Å²) in [5.74, 6) is 2.40. The molecule has 0 bridgehead atoms. The van der Waals surface area contributed by atoms with E-state index in [4.69, 9.17) is 4.98 Å². The number of fused-ring (bicyclic) bond motifs is 1. The first-order chi connectivity index (χ1) is 15.7. The zero-order valence-corrected chi connectivity index (χ0v) is 19.2. The Balaban J connectivity index is 1.69. The van der Waals surface area contributed by atoms with Crippen molar-refractivity contribution in [2.75, 3.05) is 35.2 Å². The van der Waals surface area contributed by atoms with E-state index in [1.807, 2.05) is 39.0 Å². The van der Waals surface area contributed by atoms with Gasteiger partial charge in [-0.1, -0.05) is 0 Å². The molecule has 1 aliphatic heterocycles. The van der Waals surface area contributed by atoms with Crippen molar-refractivity contribution in [1.29, 1.82) is 0 Å². The third-order valence-corrected chi connectivity index (χ3v) is 5.49. The lowest BCUT2D eigenvalue weighted by Gasteiger charge is -2.30. The summed E-state index contributed by atoms with van der Waals surface area (Å²) in [6.07, 6.45) is 4.37. The highest BCUT2D eigenvalue weighted by atomic mass is 16.3. The van der Waals surface area contributed by atoms with Crippen LogP contribution in [0.4, 0.5) is 23.3 Å². The highest BCUT2D eigenvalue weighted by Gasteiger charge is 2.20. The van der Waals surface area contributed by atoms with Gasteiger partial charge in [-0.05, 0) is 51.1 Å². The summed E-state index contributed by atoms with van der Waals surface area (Å²) >= 11 is 0. The van der Waals surface area contributed by atoms with Gasteiger partial charge in [0, 0.05) is 37.4 Å². The first-order valence-corrected chi connectivity index (χ1v) is 11.2. The minimum atomic E-state index is -0.316. The monoisotopic (exact) mass is 453 g/mol. The van der Waals surface area contributed by atoms with Crippen molar-refractivity contribution >= 4 is 34.0 Å². The lowest BCUT2D eigenvalue weighted by Crippen LogP contribution is -2.36. The Labute approximate surface area is 192 Å². The third-order valence-electron chi connectivity index (χ3n) is 5.49. The van der Waals surface area contributed by atoms with Gasteiger partial charge in [0.1, 0.15) is 29.6 Å². The molecule has 3 aromatic rings. The van der Waals surface area contributed by atoms with Crippen LogP contribution in [0.15, 0.2) is 35.5 Å². The predicted molar refractivity (Wildman–Crippen MR) is 129 cm³/mol. The standard InChI is InChI=1S/C23H31N7O3/c1-23(2,3)28-21-20-15(4-7-30(10-11-31)22(20)33)12-18(27-21)26-17-13-19(25-14-24-17)29-8-5-16(32)6-9-29/h4,7,12-14,16,31-32H,5-6,8-11H2,1-3H3,(H2,24,25,26,27,28). The van der Waals surface area contributed by atoms with Gasteiger partial charge in [0.25, 0.3) is 5.56 Å². The number of piperidine rings is 1. The zero-order chi connectivity index (χ0) is 23.6. The topological polar surface area (TPSA) is 128 Å².